The van der Waals surface area contributed by atoms with E-state index < -0.39 is 18.2 Å². The number of rotatable bonds is 7. The summed E-state index contributed by atoms with van der Waals surface area (Å²) in [4.78, 5) is 40.4. The highest BCUT2D eigenvalue weighted by Gasteiger charge is 2.48. The Hall–Kier alpha value is -3.84. The van der Waals surface area contributed by atoms with Gasteiger partial charge in [-0.2, -0.15) is 0 Å². The minimum atomic E-state index is -0.861. The Morgan fingerprint density at radius 1 is 1.03 bits per heavy atom. The molecule has 2 fully saturated rings. The number of nitrogens with one attached hydrogen (secondary N) is 2. The van der Waals surface area contributed by atoms with Gasteiger partial charge in [-0.1, -0.05) is 53.6 Å². The van der Waals surface area contributed by atoms with Crippen molar-refractivity contribution in [2.45, 2.75) is 44.5 Å². The number of hydrogen-bond acceptors (Lipinski definition) is 4. The van der Waals surface area contributed by atoms with Gasteiger partial charge in [0.05, 0.1) is 6.54 Å². The fourth-order valence-electron chi connectivity index (χ4n) is 4.34. The molecule has 0 spiro atoms. The average Bonchev–Trinajstić information content (AvgIpc) is 3.61. The van der Waals surface area contributed by atoms with Gasteiger partial charge in [-0.25, -0.2) is 4.79 Å². The molecule has 0 aromatic heterocycles. The first-order valence-electron chi connectivity index (χ1n) is 11.9. The van der Waals surface area contributed by atoms with Crippen molar-refractivity contribution in [2.24, 2.45) is 0 Å². The van der Waals surface area contributed by atoms with Crippen molar-refractivity contribution in [3.63, 3.8) is 0 Å². The number of anilines is 1. The third-order valence-corrected chi connectivity index (χ3v) is 6.51. The van der Waals surface area contributed by atoms with Crippen LogP contribution in [0.2, 0.25) is 5.02 Å². The number of halogens is 1. The molecule has 3 amide bonds. The maximum absolute atomic E-state index is 13.3. The zero-order valence-electron chi connectivity index (χ0n) is 19.7. The van der Waals surface area contributed by atoms with Gasteiger partial charge in [-0.15, -0.1) is 0 Å². The van der Waals surface area contributed by atoms with Gasteiger partial charge in [0.15, 0.2) is 12.1 Å². The van der Waals surface area contributed by atoms with E-state index in [1.54, 1.807) is 48.5 Å². The lowest BCUT2D eigenvalue weighted by atomic mass is 10.00. The molecular weight excluding hydrogens is 478 g/mol. The van der Waals surface area contributed by atoms with Crippen LogP contribution >= 0.6 is 11.6 Å². The van der Waals surface area contributed by atoms with Crippen LogP contribution in [0.1, 0.15) is 46.0 Å². The first-order chi connectivity index (χ1) is 17.4. The lowest BCUT2D eigenvalue weighted by Crippen LogP contribution is -2.46. The molecule has 184 valence electrons. The summed E-state index contributed by atoms with van der Waals surface area (Å²) in [7, 11) is 0. The highest BCUT2D eigenvalue weighted by atomic mass is 35.5. The zero-order valence-corrected chi connectivity index (χ0v) is 20.5. The zero-order chi connectivity index (χ0) is 25.2. The van der Waals surface area contributed by atoms with Crippen LogP contribution in [0, 0.1) is 6.92 Å². The van der Waals surface area contributed by atoms with E-state index in [2.05, 4.69) is 10.6 Å². The first kappa shape index (κ1) is 23.9. The molecule has 7 nitrogen and oxygen atoms in total. The van der Waals surface area contributed by atoms with Crippen LogP contribution in [0.4, 0.5) is 10.5 Å². The highest BCUT2D eigenvalue weighted by molar-refractivity contribution is 6.30. The van der Waals surface area contributed by atoms with E-state index in [-0.39, 0.29) is 24.4 Å². The molecule has 1 heterocycles. The molecule has 3 aromatic rings. The predicted molar refractivity (Wildman–Crippen MR) is 137 cm³/mol. The van der Waals surface area contributed by atoms with Crippen LogP contribution in [-0.4, -0.2) is 34.9 Å². The fourth-order valence-corrected chi connectivity index (χ4v) is 4.55. The molecule has 1 saturated carbocycles. The Morgan fingerprint density at radius 3 is 2.56 bits per heavy atom. The van der Waals surface area contributed by atoms with Crippen LogP contribution < -0.4 is 10.6 Å². The second kappa shape index (κ2) is 10.0. The van der Waals surface area contributed by atoms with Gasteiger partial charge in [0.2, 0.25) is 5.91 Å². The number of aryl methyl sites for hydroxylation is 1. The van der Waals surface area contributed by atoms with Crippen molar-refractivity contribution >= 4 is 35.2 Å². The fraction of sp³-hybridized carbons (Fsp3) is 0.250. The summed E-state index contributed by atoms with van der Waals surface area (Å²) in [5, 5.41) is 6.45. The molecule has 8 heteroatoms. The molecule has 1 saturated heterocycles. The Balaban J connectivity index is 1.41. The van der Waals surface area contributed by atoms with Gasteiger partial charge in [-0.05, 0) is 67.3 Å². The molecular formula is C28H26ClN3O4. The summed E-state index contributed by atoms with van der Waals surface area (Å²) < 4.78 is 5.74. The van der Waals surface area contributed by atoms with Gasteiger partial charge >= 0.3 is 6.09 Å². The molecule has 2 aliphatic rings. The van der Waals surface area contributed by atoms with Gasteiger partial charge in [0, 0.05) is 22.3 Å². The van der Waals surface area contributed by atoms with Crippen LogP contribution in [0.3, 0.4) is 0 Å². The van der Waals surface area contributed by atoms with Gasteiger partial charge < -0.3 is 15.4 Å². The van der Waals surface area contributed by atoms with Crippen molar-refractivity contribution in [1.29, 1.82) is 0 Å². The molecule has 0 radical (unpaired) electrons. The lowest BCUT2D eigenvalue weighted by Gasteiger charge is -2.24. The van der Waals surface area contributed by atoms with E-state index in [0.29, 0.717) is 21.8 Å². The second-order valence-corrected chi connectivity index (χ2v) is 9.68. The van der Waals surface area contributed by atoms with E-state index in [1.807, 2.05) is 31.2 Å². The van der Waals surface area contributed by atoms with E-state index in [1.165, 1.54) is 4.90 Å². The second-order valence-electron chi connectivity index (χ2n) is 9.24. The SMILES string of the molecule is Cc1cccc(C(=O)Nc2cccc([C@H]3OC(=O)N(Cc4cccc(Cl)c4)[C@@H]3C(=O)NC3CC3)c2)c1. The molecule has 1 aliphatic carbocycles. The van der Waals surface area contributed by atoms with E-state index >= 15 is 0 Å². The standard InChI is InChI=1S/C28H26ClN3O4/c1-17-5-2-8-20(13-17)26(33)31-23-10-4-7-19(15-23)25-24(27(34)30-22-11-12-22)32(28(35)36-25)16-18-6-3-9-21(29)14-18/h2-10,13-15,22,24-25H,11-12,16H2,1H3,(H,30,34)(H,31,33)/t24-,25+/m0/s1. The Labute approximate surface area is 214 Å². The third kappa shape index (κ3) is 5.36. The van der Waals surface area contributed by atoms with Crippen LogP contribution in [0.5, 0.6) is 0 Å². The molecule has 0 unspecified atom stereocenters. The number of amides is 3. The average molecular weight is 504 g/mol. The molecule has 1 aliphatic heterocycles. The number of nitrogens with zero attached hydrogens (tertiary/aromatic N) is 1. The van der Waals surface area contributed by atoms with E-state index in [0.717, 1.165) is 24.0 Å². The van der Waals surface area contributed by atoms with Gasteiger partial charge in [0.1, 0.15) is 0 Å². The smallest absolute Gasteiger partial charge is 0.411 e. The van der Waals surface area contributed by atoms with Crippen molar-refractivity contribution in [3.05, 3.63) is 100 Å². The summed E-state index contributed by atoms with van der Waals surface area (Å²) in [5.74, 6) is -0.505. The normalized spacial score (nSPS) is 19.1. The molecule has 36 heavy (non-hydrogen) atoms. The minimum absolute atomic E-state index is 0.127. The number of carbonyl (C=O) groups excluding carboxylic acids is 3. The molecule has 5 rings (SSSR count). The number of carbonyl (C=O) groups is 3. The summed E-state index contributed by atoms with van der Waals surface area (Å²) in [6, 6.07) is 20.8. The monoisotopic (exact) mass is 503 g/mol. The number of cyclic esters (lactones) is 1. The third-order valence-electron chi connectivity index (χ3n) is 6.27. The highest BCUT2D eigenvalue weighted by Crippen LogP contribution is 2.36. The summed E-state index contributed by atoms with van der Waals surface area (Å²) >= 11 is 6.13. The van der Waals surface area contributed by atoms with Gasteiger partial charge in [-0.3, -0.25) is 14.5 Å². The van der Waals surface area contributed by atoms with Crippen molar-refractivity contribution in [3.8, 4) is 0 Å². The topological polar surface area (TPSA) is 87.7 Å². The summed E-state index contributed by atoms with van der Waals surface area (Å²) in [6.07, 6.45) is 0.440. The van der Waals surface area contributed by atoms with Crippen molar-refractivity contribution < 1.29 is 19.1 Å². The largest absolute Gasteiger partial charge is 0.438 e. The minimum Gasteiger partial charge on any atom is -0.438 e. The maximum Gasteiger partial charge on any atom is 0.411 e. The summed E-state index contributed by atoms with van der Waals surface area (Å²) in [6.45, 7) is 2.11. The maximum atomic E-state index is 13.3. The van der Waals surface area contributed by atoms with Gasteiger partial charge in [0.25, 0.3) is 5.91 Å². The molecule has 2 N–H and O–H groups in total. The number of ether oxygens (including phenoxy) is 1. The predicted octanol–water partition coefficient (Wildman–Crippen LogP) is 5.24. The number of hydrogen-bond donors (Lipinski definition) is 2. The molecule has 0 bridgehead atoms. The summed E-state index contributed by atoms with van der Waals surface area (Å²) in [5.41, 5.74) is 3.49. The van der Waals surface area contributed by atoms with E-state index in [4.69, 9.17) is 16.3 Å². The van der Waals surface area contributed by atoms with Crippen LogP contribution in [-0.2, 0) is 16.1 Å². The van der Waals surface area contributed by atoms with Crippen molar-refractivity contribution in [2.75, 3.05) is 5.32 Å². The van der Waals surface area contributed by atoms with Crippen LogP contribution in [0.25, 0.3) is 0 Å². The van der Waals surface area contributed by atoms with Crippen molar-refractivity contribution in [1.82, 2.24) is 10.2 Å². The molecule has 2 atom stereocenters. The lowest BCUT2D eigenvalue weighted by molar-refractivity contribution is -0.126. The Kier molecular flexibility index (Phi) is 6.65. The Bertz CT molecular complexity index is 1320. The van der Waals surface area contributed by atoms with Crippen LogP contribution in [0.15, 0.2) is 72.8 Å². The number of benzene rings is 3. The van der Waals surface area contributed by atoms with E-state index in [9.17, 15) is 14.4 Å². The molecule has 3 aromatic carbocycles. The Morgan fingerprint density at radius 2 is 1.81 bits per heavy atom. The first-order valence-corrected chi connectivity index (χ1v) is 12.3. The quantitative estimate of drug-likeness (QED) is 0.461.